The molecule has 1 aliphatic carbocycles. The molecule has 1 heterocycles. The maximum absolute atomic E-state index is 6.39. The molecule has 0 amide bonds. The number of aryl methyl sites for hydroxylation is 1. The summed E-state index contributed by atoms with van der Waals surface area (Å²) in [6.45, 7) is 2.03. The van der Waals surface area contributed by atoms with E-state index in [2.05, 4.69) is 39.0 Å². The number of nitrogens with two attached hydrogens (primary N) is 1. The Balaban J connectivity index is 1.82. The average Bonchev–Trinajstić information content (AvgIpc) is 3.08. The van der Waals surface area contributed by atoms with Crippen molar-refractivity contribution in [2.45, 2.75) is 51.1 Å². The Kier molecular flexibility index (Phi) is 3.83. The van der Waals surface area contributed by atoms with Gasteiger partial charge in [-0.2, -0.15) is 0 Å². The minimum atomic E-state index is -0.0841. The number of hydrogen-bond acceptors (Lipinski definition) is 3. The van der Waals surface area contributed by atoms with Gasteiger partial charge in [0.25, 0.3) is 0 Å². The molecule has 0 unspecified atom stereocenters. The predicted octanol–water partition coefficient (Wildman–Crippen LogP) is 2.94. The zero-order valence-corrected chi connectivity index (χ0v) is 12.0. The van der Waals surface area contributed by atoms with Crippen LogP contribution in [0.3, 0.4) is 0 Å². The molecule has 106 valence electrons. The van der Waals surface area contributed by atoms with E-state index in [9.17, 15) is 0 Å². The second kappa shape index (κ2) is 5.75. The smallest absolute Gasteiger partial charge is 0.150 e. The van der Waals surface area contributed by atoms with Crippen molar-refractivity contribution in [3.8, 4) is 0 Å². The molecule has 1 aromatic heterocycles. The number of aromatic nitrogens is 3. The summed E-state index contributed by atoms with van der Waals surface area (Å²) >= 11 is 0. The first-order chi connectivity index (χ1) is 9.75. The van der Waals surface area contributed by atoms with Crippen LogP contribution in [0.1, 0.15) is 55.0 Å². The van der Waals surface area contributed by atoms with E-state index in [1.54, 1.807) is 0 Å². The summed E-state index contributed by atoms with van der Waals surface area (Å²) < 4.78 is 2.28. The van der Waals surface area contributed by atoms with E-state index in [-0.39, 0.29) is 6.04 Å². The lowest BCUT2D eigenvalue weighted by Gasteiger charge is -2.19. The summed E-state index contributed by atoms with van der Waals surface area (Å²) in [4.78, 5) is 0. The Morgan fingerprint density at radius 1 is 1.20 bits per heavy atom. The van der Waals surface area contributed by atoms with Gasteiger partial charge in [-0.3, -0.25) is 0 Å². The fraction of sp³-hybridized carbons (Fsp3) is 0.500. The van der Waals surface area contributed by atoms with Gasteiger partial charge in [-0.25, -0.2) is 0 Å². The van der Waals surface area contributed by atoms with Crippen LogP contribution < -0.4 is 5.73 Å². The molecular weight excluding hydrogens is 248 g/mol. The molecule has 0 spiro atoms. The van der Waals surface area contributed by atoms with Crippen LogP contribution in [-0.2, 0) is 6.42 Å². The fourth-order valence-corrected chi connectivity index (χ4v) is 3.21. The van der Waals surface area contributed by atoms with Gasteiger partial charge in [-0.1, -0.05) is 43.2 Å². The van der Waals surface area contributed by atoms with E-state index in [1.807, 2.05) is 13.0 Å². The van der Waals surface area contributed by atoms with Crippen LogP contribution in [0.25, 0.3) is 0 Å². The Labute approximate surface area is 120 Å². The van der Waals surface area contributed by atoms with Gasteiger partial charge in [0, 0.05) is 6.04 Å². The first kappa shape index (κ1) is 13.3. The van der Waals surface area contributed by atoms with Crippen LogP contribution in [0.5, 0.6) is 0 Å². The van der Waals surface area contributed by atoms with Crippen molar-refractivity contribution in [1.82, 2.24) is 14.8 Å². The van der Waals surface area contributed by atoms with Crippen molar-refractivity contribution in [2.75, 3.05) is 0 Å². The molecule has 2 aromatic rings. The van der Waals surface area contributed by atoms with Crippen molar-refractivity contribution < 1.29 is 0 Å². The van der Waals surface area contributed by atoms with Crippen LogP contribution in [0.2, 0.25) is 0 Å². The topological polar surface area (TPSA) is 56.7 Å². The van der Waals surface area contributed by atoms with Crippen LogP contribution in [0.4, 0.5) is 0 Å². The first-order valence-corrected chi connectivity index (χ1v) is 7.46. The number of rotatable bonds is 4. The molecule has 1 fully saturated rings. The van der Waals surface area contributed by atoms with Gasteiger partial charge >= 0.3 is 0 Å². The van der Waals surface area contributed by atoms with E-state index in [0.29, 0.717) is 6.04 Å². The monoisotopic (exact) mass is 270 g/mol. The SMILES string of the molecule is Cc1nnc([C@@H](N)Cc2ccccc2)n1C1CCCC1. The minimum Gasteiger partial charge on any atom is -0.321 e. The van der Waals surface area contributed by atoms with Gasteiger partial charge in [-0.05, 0) is 31.7 Å². The molecule has 1 saturated carbocycles. The molecule has 1 aliphatic rings. The van der Waals surface area contributed by atoms with E-state index in [4.69, 9.17) is 5.73 Å². The third-order valence-electron chi connectivity index (χ3n) is 4.21. The third-order valence-corrected chi connectivity index (χ3v) is 4.21. The lowest BCUT2D eigenvalue weighted by molar-refractivity contribution is 0.466. The van der Waals surface area contributed by atoms with Crippen molar-refractivity contribution in [1.29, 1.82) is 0 Å². The zero-order chi connectivity index (χ0) is 13.9. The average molecular weight is 270 g/mol. The Bertz CT molecular complexity index is 555. The summed E-state index contributed by atoms with van der Waals surface area (Å²) in [5.74, 6) is 1.94. The molecule has 4 nitrogen and oxygen atoms in total. The highest BCUT2D eigenvalue weighted by Gasteiger charge is 2.25. The van der Waals surface area contributed by atoms with E-state index in [1.165, 1.54) is 31.2 Å². The van der Waals surface area contributed by atoms with E-state index in [0.717, 1.165) is 18.1 Å². The number of hydrogen-bond donors (Lipinski definition) is 1. The quantitative estimate of drug-likeness (QED) is 0.929. The summed E-state index contributed by atoms with van der Waals surface area (Å²) in [6, 6.07) is 10.8. The second-order valence-corrected chi connectivity index (χ2v) is 5.71. The first-order valence-electron chi connectivity index (χ1n) is 7.46. The fourth-order valence-electron chi connectivity index (χ4n) is 3.21. The van der Waals surface area contributed by atoms with Crippen LogP contribution in [0, 0.1) is 6.92 Å². The number of benzene rings is 1. The number of nitrogens with zero attached hydrogens (tertiary/aromatic N) is 3. The molecule has 4 heteroatoms. The molecule has 0 bridgehead atoms. The highest BCUT2D eigenvalue weighted by atomic mass is 15.3. The maximum Gasteiger partial charge on any atom is 0.150 e. The van der Waals surface area contributed by atoms with Crippen LogP contribution >= 0.6 is 0 Å². The molecule has 1 aromatic carbocycles. The summed E-state index contributed by atoms with van der Waals surface area (Å²) in [7, 11) is 0. The van der Waals surface area contributed by atoms with Crippen molar-refractivity contribution in [2.24, 2.45) is 5.73 Å². The van der Waals surface area contributed by atoms with Gasteiger partial charge in [0.2, 0.25) is 0 Å². The van der Waals surface area contributed by atoms with Gasteiger partial charge in [0.15, 0.2) is 5.82 Å². The van der Waals surface area contributed by atoms with Crippen molar-refractivity contribution >= 4 is 0 Å². The molecular formula is C16H22N4. The summed E-state index contributed by atoms with van der Waals surface area (Å²) in [5, 5.41) is 8.60. The largest absolute Gasteiger partial charge is 0.321 e. The summed E-state index contributed by atoms with van der Waals surface area (Å²) in [6.07, 6.45) is 5.87. The summed E-state index contributed by atoms with van der Waals surface area (Å²) in [5.41, 5.74) is 7.63. The molecule has 0 aliphatic heterocycles. The lowest BCUT2D eigenvalue weighted by Crippen LogP contribution is -2.21. The van der Waals surface area contributed by atoms with Crippen LogP contribution in [0.15, 0.2) is 30.3 Å². The molecule has 0 radical (unpaired) electrons. The zero-order valence-electron chi connectivity index (χ0n) is 12.0. The van der Waals surface area contributed by atoms with E-state index < -0.39 is 0 Å². The third kappa shape index (κ3) is 2.61. The van der Waals surface area contributed by atoms with Crippen molar-refractivity contribution in [3.05, 3.63) is 47.5 Å². The molecule has 1 atom stereocenters. The highest BCUT2D eigenvalue weighted by Crippen LogP contribution is 2.32. The van der Waals surface area contributed by atoms with Gasteiger partial charge < -0.3 is 10.3 Å². The lowest BCUT2D eigenvalue weighted by atomic mass is 10.1. The van der Waals surface area contributed by atoms with E-state index >= 15 is 0 Å². The van der Waals surface area contributed by atoms with Crippen molar-refractivity contribution in [3.63, 3.8) is 0 Å². The second-order valence-electron chi connectivity index (χ2n) is 5.71. The Morgan fingerprint density at radius 3 is 2.60 bits per heavy atom. The highest BCUT2D eigenvalue weighted by molar-refractivity contribution is 5.17. The molecule has 3 rings (SSSR count). The Morgan fingerprint density at radius 2 is 1.90 bits per heavy atom. The minimum absolute atomic E-state index is 0.0841. The Hall–Kier alpha value is -1.68. The van der Waals surface area contributed by atoms with Gasteiger partial charge in [-0.15, -0.1) is 10.2 Å². The molecule has 0 saturated heterocycles. The molecule has 2 N–H and O–H groups in total. The normalized spacial score (nSPS) is 17.5. The van der Waals surface area contributed by atoms with Crippen LogP contribution in [-0.4, -0.2) is 14.8 Å². The predicted molar refractivity (Wildman–Crippen MR) is 79.3 cm³/mol. The molecule has 20 heavy (non-hydrogen) atoms. The maximum atomic E-state index is 6.39. The standard InChI is InChI=1S/C16H22N4/c1-12-18-19-16(20(12)14-9-5-6-10-14)15(17)11-13-7-3-2-4-8-13/h2-4,7-8,14-15H,5-6,9-11,17H2,1H3/t15-/m0/s1. The van der Waals surface area contributed by atoms with Gasteiger partial charge in [0.1, 0.15) is 5.82 Å². The van der Waals surface area contributed by atoms with Gasteiger partial charge in [0.05, 0.1) is 6.04 Å².